The van der Waals surface area contributed by atoms with Gasteiger partial charge in [-0.15, -0.1) is 0 Å². The fraction of sp³-hybridized carbons (Fsp3) is 0.533. The van der Waals surface area contributed by atoms with Crippen LogP contribution < -0.4 is 11.1 Å². The number of nitrogen functional groups attached to an aromatic ring is 1. The summed E-state index contributed by atoms with van der Waals surface area (Å²) in [6.45, 7) is 3.33. The molecular weight excluding hydrogens is 252 g/mol. The highest BCUT2D eigenvalue weighted by Gasteiger charge is 2.16. The number of rotatable bonds is 4. The van der Waals surface area contributed by atoms with Gasteiger partial charge in [0.05, 0.1) is 5.69 Å². The molecule has 1 aromatic heterocycles. The fourth-order valence-electron chi connectivity index (χ4n) is 2.78. The summed E-state index contributed by atoms with van der Waals surface area (Å²) < 4.78 is 5.64. The first-order valence-electron chi connectivity index (χ1n) is 7.30. The molecule has 0 unspecified atom stereocenters. The van der Waals surface area contributed by atoms with Crippen LogP contribution >= 0.6 is 0 Å². The summed E-state index contributed by atoms with van der Waals surface area (Å²) in [4.78, 5) is 6.79. The summed E-state index contributed by atoms with van der Waals surface area (Å²) in [6.07, 6.45) is 3.75. The van der Waals surface area contributed by atoms with Crippen molar-refractivity contribution in [2.75, 3.05) is 37.7 Å². The Kier molecular flexibility index (Phi) is 3.78. The lowest BCUT2D eigenvalue weighted by molar-refractivity contribution is 0.215. The number of oxazole rings is 1. The molecule has 2 heterocycles. The van der Waals surface area contributed by atoms with E-state index in [1.165, 1.54) is 32.4 Å². The molecule has 1 saturated heterocycles. The third-order valence-corrected chi connectivity index (χ3v) is 4.12. The van der Waals surface area contributed by atoms with Gasteiger partial charge in [-0.2, -0.15) is 4.98 Å². The maximum atomic E-state index is 5.87. The van der Waals surface area contributed by atoms with Gasteiger partial charge in [0.15, 0.2) is 5.58 Å². The zero-order valence-electron chi connectivity index (χ0n) is 11.9. The molecule has 0 radical (unpaired) electrons. The van der Waals surface area contributed by atoms with Gasteiger partial charge in [-0.05, 0) is 57.5 Å². The Morgan fingerprint density at radius 1 is 1.40 bits per heavy atom. The molecule has 1 aliphatic heterocycles. The van der Waals surface area contributed by atoms with Crippen LogP contribution in [0.3, 0.4) is 0 Å². The number of hydrogen-bond donors (Lipinski definition) is 2. The number of piperidine rings is 1. The second-order valence-electron chi connectivity index (χ2n) is 5.68. The zero-order chi connectivity index (χ0) is 13.9. The molecule has 0 amide bonds. The van der Waals surface area contributed by atoms with Gasteiger partial charge in [0.2, 0.25) is 0 Å². The van der Waals surface area contributed by atoms with E-state index in [9.17, 15) is 0 Å². The molecule has 2 aromatic rings. The zero-order valence-corrected chi connectivity index (χ0v) is 11.9. The molecule has 3 rings (SSSR count). The number of fused-ring (bicyclic) bond motifs is 1. The largest absolute Gasteiger partial charge is 0.423 e. The fourth-order valence-corrected chi connectivity index (χ4v) is 2.78. The van der Waals surface area contributed by atoms with Crippen molar-refractivity contribution in [3.63, 3.8) is 0 Å². The van der Waals surface area contributed by atoms with E-state index in [1.807, 2.05) is 18.2 Å². The Balaban J connectivity index is 1.53. The van der Waals surface area contributed by atoms with Gasteiger partial charge in [-0.3, -0.25) is 0 Å². The van der Waals surface area contributed by atoms with Gasteiger partial charge in [0.1, 0.15) is 5.52 Å². The molecule has 0 atom stereocenters. The molecule has 0 aliphatic carbocycles. The van der Waals surface area contributed by atoms with Gasteiger partial charge in [0, 0.05) is 6.54 Å². The van der Waals surface area contributed by atoms with Crippen LogP contribution in [0.1, 0.15) is 19.3 Å². The molecule has 5 heteroatoms. The lowest BCUT2D eigenvalue weighted by Gasteiger charge is -2.28. The van der Waals surface area contributed by atoms with Crippen LogP contribution in [0.25, 0.3) is 11.1 Å². The van der Waals surface area contributed by atoms with Crippen LogP contribution in [0.15, 0.2) is 22.6 Å². The van der Waals surface area contributed by atoms with E-state index in [2.05, 4.69) is 22.2 Å². The number of para-hydroxylation sites is 1. The van der Waals surface area contributed by atoms with Crippen molar-refractivity contribution in [3.05, 3.63) is 18.2 Å². The number of benzene rings is 1. The number of nitrogens with zero attached hydrogens (tertiary/aromatic N) is 2. The standard InChI is InChI=1S/C15H22N4O/c1-19-9-6-11(7-10-19)5-8-17-15-18-14-12(16)3-2-4-13(14)20-15/h2-4,11H,5-10,16H2,1H3,(H,17,18). The van der Waals surface area contributed by atoms with Crippen molar-refractivity contribution in [1.82, 2.24) is 9.88 Å². The minimum atomic E-state index is 0.575. The highest BCUT2D eigenvalue weighted by atomic mass is 16.4. The Morgan fingerprint density at radius 2 is 2.20 bits per heavy atom. The van der Waals surface area contributed by atoms with E-state index in [1.54, 1.807) is 0 Å². The van der Waals surface area contributed by atoms with Crippen molar-refractivity contribution in [2.45, 2.75) is 19.3 Å². The molecular formula is C15H22N4O. The van der Waals surface area contributed by atoms with Crippen LogP contribution in [-0.4, -0.2) is 36.6 Å². The molecule has 20 heavy (non-hydrogen) atoms. The molecule has 0 saturated carbocycles. The number of nitrogens with one attached hydrogen (secondary N) is 1. The molecule has 1 fully saturated rings. The third-order valence-electron chi connectivity index (χ3n) is 4.12. The van der Waals surface area contributed by atoms with Crippen molar-refractivity contribution >= 4 is 22.8 Å². The van der Waals surface area contributed by atoms with Crippen molar-refractivity contribution in [3.8, 4) is 0 Å². The maximum Gasteiger partial charge on any atom is 0.295 e. The molecule has 1 aromatic carbocycles. The van der Waals surface area contributed by atoms with E-state index >= 15 is 0 Å². The molecule has 1 aliphatic rings. The Labute approximate surface area is 119 Å². The minimum Gasteiger partial charge on any atom is -0.423 e. The first kappa shape index (κ1) is 13.2. The molecule has 3 N–H and O–H groups in total. The van der Waals surface area contributed by atoms with Crippen molar-refractivity contribution in [1.29, 1.82) is 0 Å². The van der Waals surface area contributed by atoms with Gasteiger partial charge in [-0.1, -0.05) is 6.07 Å². The quantitative estimate of drug-likeness (QED) is 0.839. The highest BCUT2D eigenvalue weighted by Crippen LogP contribution is 2.24. The van der Waals surface area contributed by atoms with Crippen LogP contribution in [0.4, 0.5) is 11.7 Å². The SMILES string of the molecule is CN1CCC(CCNc2nc3c(N)cccc3o2)CC1. The lowest BCUT2D eigenvalue weighted by atomic mass is 9.94. The normalized spacial score (nSPS) is 17.6. The van der Waals surface area contributed by atoms with Crippen LogP contribution in [0, 0.1) is 5.92 Å². The van der Waals surface area contributed by atoms with Crippen LogP contribution in [-0.2, 0) is 0 Å². The van der Waals surface area contributed by atoms with Crippen molar-refractivity contribution < 1.29 is 4.42 Å². The number of aromatic nitrogens is 1. The van der Waals surface area contributed by atoms with E-state index in [-0.39, 0.29) is 0 Å². The number of likely N-dealkylation sites (tertiary alicyclic amines) is 1. The van der Waals surface area contributed by atoms with E-state index in [4.69, 9.17) is 10.2 Å². The van der Waals surface area contributed by atoms with Crippen molar-refractivity contribution in [2.24, 2.45) is 5.92 Å². The summed E-state index contributed by atoms with van der Waals surface area (Å²) in [7, 11) is 2.19. The maximum absolute atomic E-state index is 5.87. The van der Waals surface area contributed by atoms with Crippen LogP contribution in [0.2, 0.25) is 0 Å². The number of hydrogen-bond acceptors (Lipinski definition) is 5. The molecule has 0 spiro atoms. The molecule has 0 bridgehead atoms. The average Bonchev–Trinajstić information content (AvgIpc) is 2.85. The molecule has 108 valence electrons. The van der Waals surface area contributed by atoms with Gasteiger partial charge in [0.25, 0.3) is 6.01 Å². The highest BCUT2D eigenvalue weighted by molar-refractivity contribution is 5.86. The summed E-state index contributed by atoms with van der Waals surface area (Å²) in [5.74, 6) is 0.813. The monoisotopic (exact) mass is 274 g/mol. The van der Waals surface area contributed by atoms with Crippen LogP contribution in [0.5, 0.6) is 0 Å². The first-order valence-corrected chi connectivity index (χ1v) is 7.30. The Bertz CT molecular complexity index is 572. The average molecular weight is 274 g/mol. The predicted molar refractivity (Wildman–Crippen MR) is 81.7 cm³/mol. The predicted octanol–water partition coefficient (Wildman–Crippen LogP) is 2.55. The topological polar surface area (TPSA) is 67.3 Å². The third kappa shape index (κ3) is 2.88. The summed E-state index contributed by atoms with van der Waals surface area (Å²) in [6, 6.07) is 6.19. The Morgan fingerprint density at radius 3 is 2.95 bits per heavy atom. The second-order valence-corrected chi connectivity index (χ2v) is 5.68. The van der Waals surface area contributed by atoms with E-state index in [0.29, 0.717) is 11.7 Å². The first-order chi connectivity index (χ1) is 9.72. The summed E-state index contributed by atoms with van der Waals surface area (Å²) >= 11 is 0. The Hall–Kier alpha value is -1.75. The smallest absolute Gasteiger partial charge is 0.295 e. The van der Waals surface area contributed by atoms with E-state index in [0.717, 1.165) is 23.6 Å². The minimum absolute atomic E-state index is 0.575. The summed E-state index contributed by atoms with van der Waals surface area (Å²) in [5, 5.41) is 3.27. The lowest BCUT2D eigenvalue weighted by Crippen LogP contribution is -2.30. The molecule has 5 nitrogen and oxygen atoms in total. The van der Waals surface area contributed by atoms with E-state index < -0.39 is 0 Å². The number of anilines is 2. The van der Waals surface area contributed by atoms with Gasteiger partial charge >= 0.3 is 0 Å². The second kappa shape index (κ2) is 5.71. The summed E-state index contributed by atoms with van der Waals surface area (Å²) in [5.41, 5.74) is 8.02. The van der Waals surface area contributed by atoms with Gasteiger partial charge in [-0.25, -0.2) is 0 Å². The number of nitrogens with two attached hydrogens (primary N) is 1. The van der Waals surface area contributed by atoms with Gasteiger partial charge < -0.3 is 20.4 Å².